The number of nitrogens with zero attached hydrogens (tertiary/aromatic N) is 3. The van der Waals surface area contributed by atoms with E-state index >= 15 is 0 Å². The Morgan fingerprint density at radius 2 is 2.27 bits per heavy atom. The monoisotopic (exact) mass is 206 g/mol. The van der Waals surface area contributed by atoms with Crippen molar-refractivity contribution in [2.45, 2.75) is 12.8 Å². The standard InChI is InChI=1S/C11H18N4/c1-15-6-3-10(4-7-15)8-13-11-2-5-12-9-14-11/h2,5,9-10H,3-4,6-8H2,1H3,(H,12,13,14). The average Bonchev–Trinajstić information content (AvgIpc) is 2.30. The van der Waals surface area contributed by atoms with Gasteiger partial charge in [-0.1, -0.05) is 0 Å². The van der Waals surface area contributed by atoms with E-state index in [0.29, 0.717) is 0 Å². The van der Waals surface area contributed by atoms with Crippen LogP contribution in [0.2, 0.25) is 0 Å². The minimum Gasteiger partial charge on any atom is -0.370 e. The van der Waals surface area contributed by atoms with Gasteiger partial charge in [-0.15, -0.1) is 0 Å². The predicted molar refractivity (Wildman–Crippen MR) is 60.7 cm³/mol. The van der Waals surface area contributed by atoms with E-state index in [-0.39, 0.29) is 0 Å². The lowest BCUT2D eigenvalue weighted by molar-refractivity contribution is 0.226. The van der Waals surface area contributed by atoms with Crippen molar-refractivity contribution in [3.63, 3.8) is 0 Å². The molecular formula is C11H18N4. The third-order valence-electron chi connectivity index (χ3n) is 2.99. The van der Waals surface area contributed by atoms with Crippen LogP contribution in [0.5, 0.6) is 0 Å². The number of aromatic nitrogens is 2. The predicted octanol–water partition coefficient (Wildman–Crippen LogP) is 1.23. The second kappa shape index (κ2) is 5.07. The minimum absolute atomic E-state index is 0.788. The van der Waals surface area contributed by atoms with Crippen molar-refractivity contribution in [1.29, 1.82) is 0 Å². The summed E-state index contributed by atoms with van der Waals surface area (Å²) >= 11 is 0. The van der Waals surface area contributed by atoms with Gasteiger partial charge in [0.1, 0.15) is 12.1 Å². The van der Waals surface area contributed by atoms with Gasteiger partial charge in [0.15, 0.2) is 0 Å². The van der Waals surface area contributed by atoms with E-state index in [4.69, 9.17) is 0 Å². The van der Waals surface area contributed by atoms with Crippen LogP contribution in [0.3, 0.4) is 0 Å². The van der Waals surface area contributed by atoms with E-state index in [0.717, 1.165) is 18.3 Å². The van der Waals surface area contributed by atoms with Crippen LogP contribution in [0.4, 0.5) is 5.82 Å². The molecule has 1 aliphatic rings. The Kier molecular flexibility index (Phi) is 3.50. The van der Waals surface area contributed by atoms with Crippen LogP contribution in [0, 0.1) is 5.92 Å². The summed E-state index contributed by atoms with van der Waals surface area (Å²) in [6, 6.07) is 1.91. The van der Waals surface area contributed by atoms with Gasteiger partial charge in [-0.25, -0.2) is 9.97 Å². The van der Waals surface area contributed by atoms with Crippen molar-refractivity contribution < 1.29 is 0 Å². The Hall–Kier alpha value is -1.16. The SMILES string of the molecule is CN1CCC(CNc2ccncn2)CC1. The quantitative estimate of drug-likeness (QED) is 0.807. The molecule has 2 rings (SSSR count). The lowest BCUT2D eigenvalue weighted by Gasteiger charge is -2.29. The van der Waals surface area contributed by atoms with E-state index in [2.05, 4.69) is 27.2 Å². The number of rotatable bonds is 3. The lowest BCUT2D eigenvalue weighted by Crippen LogP contribution is -2.33. The Balaban J connectivity index is 1.74. The Bertz CT molecular complexity index is 280. The summed E-state index contributed by atoms with van der Waals surface area (Å²) in [7, 11) is 2.19. The molecule has 0 amide bonds. The highest BCUT2D eigenvalue weighted by Crippen LogP contribution is 2.16. The van der Waals surface area contributed by atoms with Gasteiger partial charge in [0, 0.05) is 12.7 Å². The molecule has 0 unspecified atom stereocenters. The zero-order valence-electron chi connectivity index (χ0n) is 9.19. The van der Waals surface area contributed by atoms with E-state index in [1.54, 1.807) is 12.5 Å². The lowest BCUT2D eigenvalue weighted by atomic mass is 9.97. The molecule has 0 radical (unpaired) electrons. The molecule has 1 fully saturated rings. The van der Waals surface area contributed by atoms with Crippen LogP contribution in [0.1, 0.15) is 12.8 Å². The van der Waals surface area contributed by atoms with Gasteiger partial charge in [0.2, 0.25) is 0 Å². The number of piperidine rings is 1. The van der Waals surface area contributed by atoms with Crippen molar-refractivity contribution in [3.05, 3.63) is 18.6 Å². The summed E-state index contributed by atoms with van der Waals surface area (Å²) in [6.45, 7) is 3.47. The van der Waals surface area contributed by atoms with Crippen molar-refractivity contribution in [3.8, 4) is 0 Å². The van der Waals surface area contributed by atoms with Crippen LogP contribution in [0.25, 0.3) is 0 Å². The molecule has 0 aliphatic carbocycles. The van der Waals surface area contributed by atoms with Crippen molar-refractivity contribution in [2.75, 3.05) is 32.0 Å². The van der Waals surface area contributed by atoms with Gasteiger partial charge in [-0.2, -0.15) is 0 Å². The third-order valence-corrected chi connectivity index (χ3v) is 2.99. The van der Waals surface area contributed by atoms with Crippen LogP contribution in [0.15, 0.2) is 18.6 Å². The average molecular weight is 206 g/mol. The zero-order chi connectivity index (χ0) is 10.5. The second-order valence-electron chi connectivity index (χ2n) is 4.22. The minimum atomic E-state index is 0.788. The van der Waals surface area contributed by atoms with Crippen LogP contribution >= 0.6 is 0 Å². The summed E-state index contributed by atoms with van der Waals surface area (Å²) in [5.41, 5.74) is 0. The summed E-state index contributed by atoms with van der Waals surface area (Å²) in [5.74, 6) is 1.72. The van der Waals surface area contributed by atoms with Crippen molar-refractivity contribution in [2.24, 2.45) is 5.92 Å². The fourth-order valence-corrected chi connectivity index (χ4v) is 1.91. The summed E-state index contributed by atoms with van der Waals surface area (Å²) < 4.78 is 0. The van der Waals surface area contributed by atoms with Gasteiger partial charge in [-0.05, 0) is 45.0 Å². The van der Waals surface area contributed by atoms with E-state index in [1.165, 1.54) is 25.9 Å². The van der Waals surface area contributed by atoms with Gasteiger partial charge >= 0.3 is 0 Å². The molecule has 4 heteroatoms. The molecule has 15 heavy (non-hydrogen) atoms. The fraction of sp³-hybridized carbons (Fsp3) is 0.636. The van der Waals surface area contributed by atoms with Crippen LogP contribution in [-0.2, 0) is 0 Å². The maximum atomic E-state index is 4.15. The first-order chi connectivity index (χ1) is 7.34. The van der Waals surface area contributed by atoms with Crippen molar-refractivity contribution >= 4 is 5.82 Å². The van der Waals surface area contributed by atoms with Crippen LogP contribution < -0.4 is 5.32 Å². The first kappa shape index (κ1) is 10.4. The molecule has 0 bridgehead atoms. The van der Waals surface area contributed by atoms with Gasteiger partial charge in [0.05, 0.1) is 0 Å². The second-order valence-corrected chi connectivity index (χ2v) is 4.22. The fourth-order valence-electron chi connectivity index (χ4n) is 1.91. The summed E-state index contributed by atoms with van der Waals surface area (Å²) in [5, 5.41) is 3.36. The van der Waals surface area contributed by atoms with Gasteiger partial charge in [-0.3, -0.25) is 0 Å². The molecule has 0 saturated carbocycles. The molecule has 0 aromatic carbocycles. The Morgan fingerprint density at radius 3 is 2.93 bits per heavy atom. The van der Waals surface area contributed by atoms with Crippen LogP contribution in [-0.4, -0.2) is 41.5 Å². The zero-order valence-corrected chi connectivity index (χ0v) is 9.19. The van der Waals surface area contributed by atoms with Gasteiger partial charge in [0.25, 0.3) is 0 Å². The van der Waals surface area contributed by atoms with E-state index in [1.807, 2.05) is 6.07 Å². The van der Waals surface area contributed by atoms with Gasteiger partial charge < -0.3 is 10.2 Å². The highest BCUT2D eigenvalue weighted by molar-refractivity contribution is 5.31. The number of hydrogen-bond donors (Lipinski definition) is 1. The molecule has 1 aromatic rings. The highest BCUT2D eigenvalue weighted by atomic mass is 15.1. The smallest absolute Gasteiger partial charge is 0.129 e. The molecule has 4 nitrogen and oxygen atoms in total. The maximum Gasteiger partial charge on any atom is 0.129 e. The number of hydrogen-bond acceptors (Lipinski definition) is 4. The molecule has 82 valence electrons. The number of likely N-dealkylation sites (tertiary alicyclic amines) is 1. The van der Waals surface area contributed by atoms with Crippen molar-refractivity contribution in [1.82, 2.24) is 14.9 Å². The third kappa shape index (κ3) is 3.16. The van der Waals surface area contributed by atoms with E-state index in [9.17, 15) is 0 Å². The number of anilines is 1. The first-order valence-corrected chi connectivity index (χ1v) is 5.53. The largest absolute Gasteiger partial charge is 0.370 e. The highest BCUT2D eigenvalue weighted by Gasteiger charge is 2.15. The molecule has 0 spiro atoms. The Morgan fingerprint density at radius 1 is 1.47 bits per heavy atom. The maximum absolute atomic E-state index is 4.15. The first-order valence-electron chi connectivity index (χ1n) is 5.53. The molecule has 2 heterocycles. The summed E-state index contributed by atoms with van der Waals surface area (Å²) in [4.78, 5) is 10.4. The molecule has 1 aliphatic heterocycles. The molecule has 1 saturated heterocycles. The normalized spacial score (nSPS) is 19.0. The number of nitrogens with one attached hydrogen (secondary N) is 1. The Labute approximate surface area is 90.7 Å². The molecular weight excluding hydrogens is 188 g/mol. The topological polar surface area (TPSA) is 41.0 Å². The molecule has 1 aromatic heterocycles. The molecule has 0 atom stereocenters. The summed E-state index contributed by atoms with van der Waals surface area (Å²) in [6.07, 6.45) is 5.92. The molecule has 1 N–H and O–H groups in total. The van der Waals surface area contributed by atoms with E-state index < -0.39 is 0 Å².